The van der Waals surface area contributed by atoms with E-state index in [0.717, 1.165) is 0 Å². The largest absolute Gasteiger partial charge is 0.497 e. The number of anilines is 1. The van der Waals surface area contributed by atoms with Crippen LogP contribution in [0.25, 0.3) is 0 Å². The Morgan fingerprint density at radius 2 is 1.81 bits per heavy atom. The molecule has 0 aromatic heterocycles. The van der Waals surface area contributed by atoms with Crippen molar-refractivity contribution in [1.82, 2.24) is 4.72 Å². The van der Waals surface area contributed by atoms with Crippen molar-refractivity contribution in [2.75, 3.05) is 19.0 Å². The smallest absolute Gasteiger partial charge is 0.324 e. The van der Waals surface area contributed by atoms with Gasteiger partial charge in [-0.3, -0.25) is 19.7 Å². The van der Waals surface area contributed by atoms with Gasteiger partial charge in [0.15, 0.2) is 6.61 Å². The number of esters is 1. The van der Waals surface area contributed by atoms with Crippen molar-refractivity contribution in [3.8, 4) is 5.75 Å². The molecule has 1 atom stereocenters. The van der Waals surface area contributed by atoms with Crippen molar-refractivity contribution >= 4 is 33.3 Å². The molecule has 11 nitrogen and oxygen atoms in total. The minimum atomic E-state index is -4.01. The summed E-state index contributed by atoms with van der Waals surface area (Å²) in [5.74, 6) is -1.23. The van der Waals surface area contributed by atoms with Gasteiger partial charge in [0.25, 0.3) is 11.6 Å². The van der Waals surface area contributed by atoms with E-state index in [1.165, 1.54) is 63.4 Å². The highest BCUT2D eigenvalue weighted by molar-refractivity contribution is 7.89. The summed E-state index contributed by atoms with van der Waals surface area (Å²) in [4.78, 5) is 34.4. The van der Waals surface area contributed by atoms with Crippen LogP contribution in [0.15, 0.2) is 47.4 Å². The van der Waals surface area contributed by atoms with Crippen LogP contribution < -0.4 is 14.8 Å². The molecule has 1 unspecified atom stereocenters. The third kappa shape index (κ3) is 6.23. The van der Waals surface area contributed by atoms with Crippen LogP contribution in [0.1, 0.15) is 12.5 Å². The molecule has 0 aliphatic heterocycles. The molecule has 0 fully saturated rings. The molecular formula is C19H21N3O8S. The highest BCUT2D eigenvalue weighted by Crippen LogP contribution is 2.24. The van der Waals surface area contributed by atoms with E-state index in [-0.39, 0.29) is 21.8 Å². The summed E-state index contributed by atoms with van der Waals surface area (Å²) in [6.07, 6.45) is 0. The molecule has 2 aromatic rings. The maximum Gasteiger partial charge on any atom is 0.324 e. The molecule has 0 radical (unpaired) electrons. The Balaban J connectivity index is 1.93. The Labute approximate surface area is 178 Å². The normalized spacial score (nSPS) is 12.0. The summed E-state index contributed by atoms with van der Waals surface area (Å²) < 4.78 is 36.7. The molecule has 31 heavy (non-hydrogen) atoms. The first-order chi connectivity index (χ1) is 14.5. The molecule has 1 amide bonds. The number of amides is 1. The van der Waals surface area contributed by atoms with E-state index in [0.29, 0.717) is 5.75 Å². The van der Waals surface area contributed by atoms with E-state index in [9.17, 15) is 28.1 Å². The molecule has 2 rings (SSSR count). The fourth-order valence-corrected chi connectivity index (χ4v) is 3.70. The van der Waals surface area contributed by atoms with Gasteiger partial charge in [-0.1, -0.05) is 6.07 Å². The van der Waals surface area contributed by atoms with E-state index in [1.807, 2.05) is 0 Å². The Bertz CT molecular complexity index is 1080. The maximum atomic E-state index is 12.4. The lowest BCUT2D eigenvalue weighted by atomic mass is 10.1. The number of nitrogens with zero attached hydrogens (tertiary/aromatic N) is 1. The minimum Gasteiger partial charge on any atom is -0.497 e. The van der Waals surface area contributed by atoms with Crippen LogP contribution in [-0.2, 0) is 24.3 Å². The summed E-state index contributed by atoms with van der Waals surface area (Å²) >= 11 is 0. The number of sulfonamides is 1. The monoisotopic (exact) mass is 451 g/mol. The summed E-state index contributed by atoms with van der Waals surface area (Å²) in [7, 11) is -2.57. The summed E-state index contributed by atoms with van der Waals surface area (Å²) in [6.45, 7) is 2.04. The van der Waals surface area contributed by atoms with Gasteiger partial charge in [-0.2, -0.15) is 4.72 Å². The number of hydrogen-bond acceptors (Lipinski definition) is 8. The first-order valence-corrected chi connectivity index (χ1v) is 10.4. The van der Waals surface area contributed by atoms with E-state index in [2.05, 4.69) is 10.0 Å². The lowest BCUT2D eigenvalue weighted by Gasteiger charge is -2.14. The molecule has 12 heteroatoms. The maximum absolute atomic E-state index is 12.4. The topological polar surface area (TPSA) is 154 Å². The Morgan fingerprint density at radius 3 is 2.39 bits per heavy atom. The standard InChI is InChI=1S/C19H21N3O8S/c1-12-16(5-4-6-17(12)22(25)26)20-18(23)11-30-19(24)13(2)21-31(27,28)15-9-7-14(29-3)8-10-15/h4-10,13,21H,11H2,1-3H3,(H,20,23). The molecule has 0 saturated heterocycles. The van der Waals surface area contributed by atoms with E-state index in [1.54, 1.807) is 0 Å². The number of carbonyl (C=O) groups is 2. The van der Waals surface area contributed by atoms with Crippen LogP contribution in [0.2, 0.25) is 0 Å². The number of rotatable bonds is 9. The highest BCUT2D eigenvalue weighted by Gasteiger charge is 2.24. The lowest BCUT2D eigenvalue weighted by molar-refractivity contribution is -0.385. The molecule has 0 aliphatic carbocycles. The zero-order valence-electron chi connectivity index (χ0n) is 16.9. The van der Waals surface area contributed by atoms with Gasteiger partial charge >= 0.3 is 5.97 Å². The molecule has 2 aromatic carbocycles. The zero-order valence-corrected chi connectivity index (χ0v) is 17.8. The molecular weight excluding hydrogens is 430 g/mol. The van der Waals surface area contributed by atoms with Gasteiger partial charge in [-0.05, 0) is 44.2 Å². The fraction of sp³-hybridized carbons (Fsp3) is 0.263. The number of hydrogen-bond donors (Lipinski definition) is 2. The lowest BCUT2D eigenvalue weighted by Crippen LogP contribution is -2.40. The van der Waals surface area contributed by atoms with Crippen LogP contribution in [0.3, 0.4) is 0 Å². The van der Waals surface area contributed by atoms with Gasteiger partial charge in [0.05, 0.1) is 28.2 Å². The second kappa shape index (κ2) is 10.00. The number of benzene rings is 2. The Morgan fingerprint density at radius 1 is 1.16 bits per heavy atom. The van der Waals surface area contributed by atoms with Crippen LogP contribution in [0.4, 0.5) is 11.4 Å². The first kappa shape index (κ1) is 23.8. The van der Waals surface area contributed by atoms with Gasteiger partial charge in [-0.25, -0.2) is 8.42 Å². The fourth-order valence-electron chi connectivity index (χ4n) is 2.51. The zero-order chi connectivity index (χ0) is 23.2. The second-order valence-electron chi connectivity index (χ2n) is 6.38. The molecule has 0 saturated carbocycles. The SMILES string of the molecule is COc1ccc(S(=O)(=O)NC(C)C(=O)OCC(=O)Nc2cccc([N+](=O)[O-])c2C)cc1. The molecule has 0 heterocycles. The second-order valence-corrected chi connectivity index (χ2v) is 8.10. The third-order valence-electron chi connectivity index (χ3n) is 4.18. The first-order valence-electron chi connectivity index (χ1n) is 8.92. The van der Waals surface area contributed by atoms with Gasteiger partial charge < -0.3 is 14.8 Å². The minimum absolute atomic E-state index is 0.0770. The quantitative estimate of drug-likeness (QED) is 0.332. The number of ether oxygens (including phenoxy) is 2. The molecule has 2 N–H and O–H groups in total. The molecule has 0 aliphatic rings. The van der Waals surface area contributed by atoms with Gasteiger partial charge in [0.2, 0.25) is 10.0 Å². The summed E-state index contributed by atoms with van der Waals surface area (Å²) in [5.41, 5.74) is 0.271. The van der Waals surface area contributed by atoms with Crippen molar-refractivity contribution in [3.63, 3.8) is 0 Å². The van der Waals surface area contributed by atoms with E-state index < -0.39 is 39.5 Å². The van der Waals surface area contributed by atoms with Crippen molar-refractivity contribution in [2.24, 2.45) is 0 Å². The number of nitrogens with one attached hydrogen (secondary N) is 2. The summed E-state index contributed by atoms with van der Waals surface area (Å²) in [5, 5.41) is 13.4. The van der Waals surface area contributed by atoms with Crippen molar-refractivity contribution in [3.05, 3.63) is 58.1 Å². The predicted molar refractivity (Wildman–Crippen MR) is 110 cm³/mol. The Hall–Kier alpha value is -3.51. The van der Waals surface area contributed by atoms with E-state index in [4.69, 9.17) is 9.47 Å². The molecule has 166 valence electrons. The van der Waals surface area contributed by atoms with Gasteiger partial charge in [-0.15, -0.1) is 0 Å². The number of methoxy groups -OCH3 is 1. The summed E-state index contributed by atoms with van der Waals surface area (Å²) in [6, 6.07) is 8.44. The van der Waals surface area contributed by atoms with Crippen LogP contribution in [-0.4, -0.2) is 45.0 Å². The van der Waals surface area contributed by atoms with Gasteiger partial charge in [0, 0.05) is 6.07 Å². The van der Waals surface area contributed by atoms with E-state index >= 15 is 0 Å². The van der Waals surface area contributed by atoms with Crippen molar-refractivity contribution in [2.45, 2.75) is 24.8 Å². The van der Waals surface area contributed by atoms with Crippen molar-refractivity contribution < 1.29 is 32.4 Å². The number of nitro groups is 1. The number of nitro benzene ring substituents is 1. The average molecular weight is 451 g/mol. The number of carbonyl (C=O) groups excluding carboxylic acids is 2. The van der Waals surface area contributed by atoms with Crippen LogP contribution in [0, 0.1) is 17.0 Å². The molecule has 0 spiro atoms. The predicted octanol–water partition coefficient (Wildman–Crippen LogP) is 1.76. The molecule has 0 bridgehead atoms. The third-order valence-corrected chi connectivity index (χ3v) is 5.73. The average Bonchev–Trinajstić information content (AvgIpc) is 2.73. The Kier molecular flexibility index (Phi) is 7.67. The highest BCUT2D eigenvalue weighted by atomic mass is 32.2. The van der Waals surface area contributed by atoms with Gasteiger partial charge in [0.1, 0.15) is 11.8 Å². The van der Waals surface area contributed by atoms with Crippen LogP contribution >= 0.6 is 0 Å². The van der Waals surface area contributed by atoms with Crippen molar-refractivity contribution in [1.29, 1.82) is 0 Å². The van der Waals surface area contributed by atoms with Crippen LogP contribution in [0.5, 0.6) is 5.75 Å².